The first-order valence-electron chi connectivity index (χ1n) is 13.7. The van der Waals surface area contributed by atoms with Gasteiger partial charge in [0.1, 0.15) is 37.2 Å². The number of aromatic nitrogens is 3. The number of aliphatic hydroxyl groups is 1. The Bertz CT molecular complexity index is 1620. The van der Waals surface area contributed by atoms with Crippen LogP contribution in [0, 0.1) is 0 Å². The topological polar surface area (TPSA) is 107 Å². The Morgan fingerprint density at radius 1 is 1.04 bits per heavy atom. The zero-order valence-corrected chi connectivity index (χ0v) is 25.7. The molecule has 0 spiro atoms. The van der Waals surface area contributed by atoms with Crippen molar-refractivity contribution in [3.8, 4) is 5.75 Å². The second-order valence-corrected chi connectivity index (χ2v) is 11.1. The SMILES string of the molecule is C[C@@H](N(CC(=O)OCc1ccccc1)C(=O)c1ccc(OCC(F)(F)C(F)F)cc1)[C@](O)(Cn1cncn1)c1ccc(Cl)cc1Cl. The number of hydrogen-bond acceptors (Lipinski definition) is 7. The standard InChI is InChI=1S/C31H28Cl2F4N4O5/c1-20(30(44,16-40-19-38-18-39-40)25-12-9-23(32)13-26(25)33)41(14-27(42)45-15-21-5-3-2-4-6-21)28(43)22-7-10-24(11-8-22)46-17-31(36,37)29(34)35/h2-13,18-20,29,44H,14-17H2,1H3/t20-,30-/m1/s1. The van der Waals surface area contributed by atoms with E-state index in [1.807, 2.05) is 0 Å². The molecule has 0 fully saturated rings. The largest absolute Gasteiger partial charge is 0.487 e. The van der Waals surface area contributed by atoms with Gasteiger partial charge in [-0.3, -0.25) is 9.59 Å². The molecule has 4 rings (SSSR count). The minimum absolute atomic E-state index is 0.0408. The second-order valence-electron chi connectivity index (χ2n) is 10.3. The van der Waals surface area contributed by atoms with E-state index < -0.39 is 49.0 Å². The molecule has 2 atom stereocenters. The number of ether oxygens (including phenoxy) is 2. The number of hydrogen-bond donors (Lipinski definition) is 1. The van der Waals surface area contributed by atoms with Gasteiger partial charge in [-0.1, -0.05) is 59.6 Å². The van der Waals surface area contributed by atoms with Crippen molar-refractivity contribution >= 4 is 35.1 Å². The van der Waals surface area contributed by atoms with Crippen molar-refractivity contribution in [3.05, 3.63) is 112 Å². The van der Waals surface area contributed by atoms with Crippen LogP contribution < -0.4 is 4.74 Å². The molecule has 9 nitrogen and oxygen atoms in total. The second kappa shape index (κ2) is 14.9. The molecule has 1 N–H and O–H groups in total. The summed E-state index contributed by atoms with van der Waals surface area (Å²) in [6.07, 6.45) is -1.33. The van der Waals surface area contributed by atoms with Crippen LogP contribution >= 0.6 is 23.2 Å². The van der Waals surface area contributed by atoms with Gasteiger partial charge in [-0.25, -0.2) is 18.4 Å². The molecule has 0 aliphatic heterocycles. The Balaban J connectivity index is 1.67. The molecule has 0 bridgehead atoms. The summed E-state index contributed by atoms with van der Waals surface area (Å²) in [5, 5.41) is 16.7. The number of alkyl halides is 4. The van der Waals surface area contributed by atoms with Gasteiger partial charge in [0.2, 0.25) is 0 Å². The molecule has 0 aliphatic carbocycles. The Labute approximate surface area is 271 Å². The highest BCUT2D eigenvalue weighted by molar-refractivity contribution is 6.35. The van der Waals surface area contributed by atoms with Gasteiger partial charge in [0.25, 0.3) is 5.91 Å². The lowest BCUT2D eigenvalue weighted by atomic mass is 9.85. The minimum atomic E-state index is -4.38. The summed E-state index contributed by atoms with van der Waals surface area (Å²) in [6.45, 7) is -1.06. The average molecular weight is 683 g/mol. The van der Waals surface area contributed by atoms with E-state index in [4.69, 9.17) is 32.7 Å². The van der Waals surface area contributed by atoms with Crippen molar-refractivity contribution in [1.82, 2.24) is 19.7 Å². The maximum atomic E-state index is 14.0. The number of nitrogens with zero attached hydrogens (tertiary/aromatic N) is 4. The van der Waals surface area contributed by atoms with Crippen molar-refractivity contribution in [2.45, 2.75) is 44.1 Å². The number of carbonyl (C=O) groups excluding carboxylic acids is 2. The molecular formula is C31H28Cl2F4N4O5. The summed E-state index contributed by atoms with van der Waals surface area (Å²) in [4.78, 5) is 32.1. The number of benzene rings is 3. The van der Waals surface area contributed by atoms with E-state index in [1.54, 1.807) is 30.3 Å². The van der Waals surface area contributed by atoms with Gasteiger partial charge in [-0.15, -0.1) is 0 Å². The summed E-state index contributed by atoms with van der Waals surface area (Å²) in [6, 6.07) is 16.7. The minimum Gasteiger partial charge on any atom is -0.487 e. The normalized spacial score (nSPS) is 13.6. The van der Waals surface area contributed by atoms with Crippen molar-refractivity contribution in [2.75, 3.05) is 13.2 Å². The van der Waals surface area contributed by atoms with Crippen LogP contribution in [-0.4, -0.2) is 68.2 Å². The van der Waals surface area contributed by atoms with E-state index in [1.165, 1.54) is 54.6 Å². The van der Waals surface area contributed by atoms with Crippen LogP contribution in [0.4, 0.5) is 17.6 Å². The summed E-state index contributed by atoms with van der Waals surface area (Å²) in [5.74, 6) is -6.15. The van der Waals surface area contributed by atoms with Crippen molar-refractivity contribution < 1.29 is 41.7 Å². The fourth-order valence-electron chi connectivity index (χ4n) is 4.51. The first-order chi connectivity index (χ1) is 21.8. The van der Waals surface area contributed by atoms with Crippen molar-refractivity contribution in [3.63, 3.8) is 0 Å². The molecule has 46 heavy (non-hydrogen) atoms. The van der Waals surface area contributed by atoms with Gasteiger partial charge in [0.05, 0.1) is 12.6 Å². The first-order valence-corrected chi connectivity index (χ1v) is 14.5. The van der Waals surface area contributed by atoms with Gasteiger partial charge >= 0.3 is 18.3 Å². The molecule has 0 unspecified atom stereocenters. The van der Waals surface area contributed by atoms with Crippen LogP contribution in [0.3, 0.4) is 0 Å². The molecule has 0 saturated carbocycles. The fourth-order valence-corrected chi connectivity index (χ4v) is 5.08. The third-order valence-electron chi connectivity index (χ3n) is 7.08. The molecule has 4 aromatic rings. The third-order valence-corrected chi connectivity index (χ3v) is 7.63. The highest BCUT2D eigenvalue weighted by Gasteiger charge is 2.44. The van der Waals surface area contributed by atoms with E-state index in [0.29, 0.717) is 5.56 Å². The van der Waals surface area contributed by atoms with Crippen LogP contribution in [-0.2, 0) is 28.3 Å². The van der Waals surface area contributed by atoms with Crippen LogP contribution in [0.5, 0.6) is 5.75 Å². The van der Waals surface area contributed by atoms with Gasteiger partial charge in [-0.2, -0.15) is 13.9 Å². The van der Waals surface area contributed by atoms with Gasteiger partial charge < -0.3 is 19.5 Å². The molecule has 0 aliphatic rings. The highest BCUT2D eigenvalue weighted by Crippen LogP contribution is 2.37. The lowest BCUT2D eigenvalue weighted by Crippen LogP contribution is -2.55. The fraction of sp³-hybridized carbons (Fsp3) is 0.290. The molecular weight excluding hydrogens is 655 g/mol. The quantitative estimate of drug-likeness (QED) is 0.128. The lowest BCUT2D eigenvalue weighted by molar-refractivity contribution is -0.148. The Morgan fingerprint density at radius 2 is 1.74 bits per heavy atom. The molecule has 0 saturated heterocycles. The Morgan fingerprint density at radius 3 is 2.35 bits per heavy atom. The Kier molecular flexibility index (Phi) is 11.3. The van der Waals surface area contributed by atoms with Crippen molar-refractivity contribution in [2.24, 2.45) is 0 Å². The maximum Gasteiger partial charge on any atom is 0.340 e. The summed E-state index contributed by atoms with van der Waals surface area (Å²) < 4.78 is 63.3. The predicted molar refractivity (Wildman–Crippen MR) is 160 cm³/mol. The van der Waals surface area contributed by atoms with Crippen LogP contribution in [0.25, 0.3) is 0 Å². The number of esters is 1. The molecule has 1 amide bonds. The molecule has 0 radical (unpaired) electrons. The van der Waals surface area contributed by atoms with E-state index in [9.17, 15) is 32.3 Å². The molecule has 1 aromatic heterocycles. The van der Waals surface area contributed by atoms with Crippen LogP contribution in [0.15, 0.2) is 85.5 Å². The maximum absolute atomic E-state index is 14.0. The van der Waals surface area contributed by atoms with Crippen LogP contribution in [0.1, 0.15) is 28.4 Å². The summed E-state index contributed by atoms with van der Waals surface area (Å²) in [5.41, 5.74) is -1.17. The molecule has 15 heteroatoms. The average Bonchev–Trinajstić information content (AvgIpc) is 3.54. The van der Waals surface area contributed by atoms with E-state index in [2.05, 4.69) is 10.1 Å². The third kappa shape index (κ3) is 8.53. The number of halogens is 6. The Hall–Kier alpha value is -4.20. The predicted octanol–water partition coefficient (Wildman–Crippen LogP) is 6.03. The van der Waals surface area contributed by atoms with Gasteiger partial charge in [0.15, 0.2) is 6.61 Å². The zero-order valence-electron chi connectivity index (χ0n) is 24.2. The van der Waals surface area contributed by atoms with Gasteiger partial charge in [-0.05, 0) is 48.9 Å². The summed E-state index contributed by atoms with van der Waals surface area (Å²) in [7, 11) is 0. The first kappa shape index (κ1) is 34.7. The molecule has 244 valence electrons. The van der Waals surface area contributed by atoms with E-state index >= 15 is 0 Å². The number of amides is 1. The number of carbonyl (C=O) groups is 2. The van der Waals surface area contributed by atoms with Crippen LogP contribution in [0.2, 0.25) is 10.0 Å². The van der Waals surface area contributed by atoms with E-state index in [-0.39, 0.29) is 40.1 Å². The summed E-state index contributed by atoms with van der Waals surface area (Å²) >= 11 is 12.6. The van der Waals surface area contributed by atoms with E-state index in [0.717, 1.165) is 17.0 Å². The molecule has 3 aromatic carbocycles. The van der Waals surface area contributed by atoms with Crippen molar-refractivity contribution in [1.29, 1.82) is 0 Å². The van der Waals surface area contributed by atoms with Gasteiger partial charge in [0, 0.05) is 21.2 Å². The highest BCUT2D eigenvalue weighted by atomic mass is 35.5. The smallest absolute Gasteiger partial charge is 0.340 e. The molecule has 1 heterocycles. The lowest BCUT2D eigenvalue weighted by Gasteiger charge is -2.41. The monoisotopic (exact) mass is 682 g/mol. The zero-order chi connectivity index (χ0) is 33.5. The number of rotatable bonds is 14.